The summed E-state index contributed by atoms with van der Waals surface area (Å²) < 4.78 is 1.80. The highest BCUT2D eigenvalue weighted by atomic mass is 16.3. The molecule has 108 valence electrons. The van der Waals surface area contributed by atoms with Crippen molar-refractivity contribution in [2.75, 3.05) is 14.1 Å². The second kappa shape index (κ2) is 5.63. The Morgan fingerprint density at radius 3 is 2.84 bits per heavy atom. The van der Waals surface area contributed by atoms with Crippen LogP contribution in [0.15, 0.2) is 12.3 Å². The zero-order valence-electron chi connectivity index (χ0n) is 12.6. The van der Waals surface area contributed by atoms with E-state index in [2.05, 4.69) is 31.0 Å². The first kappa shape index (κ1) is 14.5. The van der Waals surface area contributed by atoms with E-state index in [1.54, 1.807) is 4.68 Å². The van der Waals surface area contributed by atoms with Crippen molar-refractivity contribution >= 4 is 0 Å². The van der Waals surface area contributed by atoms with Crippen molar-refractivity contribution in [3.05, 3.63) is 18.0 Å². The lowest BCUT2D eigenvalue weighted by molar-refractivity contribution is -0.0429. The molecule has 1 saturated carbocycles. The average Bonchev–Trinajstić information content (AvgIpc) is 2.74. The van der Waals surface area contributed by atoms with Gasteiger partial charge >= 0.3 is 0 Å². The molecule has 1 N–H and O–H groups in total. The third-order valence-corrected chi connectivity index (χ3v) is 4.69. The maximum atomic E-state index is 10.8. The standard InChI is InChI=1S/C15H27N3O/c1-12-6-5-8-15(11-12,17(2)3)14(19)10-13-7-9-18(4)16-13/h7,9,12,14,19H,5-6,8,10-11H2,1-4H3. The van der Waals surface area contributed by atoms with Crippen LogP contribution in [0, 0.1) is 5.92 Å². The van der Waals surface area contributed by atoms with E-state index >= 15 is 0 Å². The summed E-state index contributed by atoms with van der Waals surface area (Å²) in [4.78, 5) is 2.23. The topological polar surface area (TPSA) is 41.3 Å². The quantitative estimate of drug-likeness (QED) is 0.903. The minimum Gasteiger partial charge on any atom is -0.391 e. The average molecular weight is 265 g/mol. The van der Waals surface area contributed by atoms with Gasteiger partial charge in [-0.2, -0.15) is 5.10 Å². The molecule has 1 aliphatic rings. The first-order chi connectivity index (χ1) is 8.94. The molecule has 0 bridgehead atoms. The number of aliphatic hydroxyl groups is 1. The molecule has 0 spiro atoms. The minimum absolute atomic E-state index is 0.0881. The van der Waals surface area contributed by atoms with Crippen LogP contribution in [0.1, 0.15) is 38.3 Å². The van der Waals surface area contributed by atoms with Crippen molar-refractivity contribution in [1.82, 2.24) is 14.7 Å². The first-order valence-electron chi connectivity index (χ1n) is 7.28. The van der Waals surface area contributed by atoms with Gasteiger partial charge in [-0.1, -0.05) is 19.8 Å². The molecule has 0 radical (unpaired) electrons. The van der Waals surface area contributed by atoms with E-state index in [1.807, 2.05) is 19.3 Å². The summed E-state index contributed by atoms with van der Waals surface area (Å²) in [7, 11) is 6.11. The normalized spacial score (nSPS) is 29.7. The highest BCUT2D eigenvalue weighted by Crippen LogP contribution is 2.38. The van der Waals surface area contributed by atoms with Gasteiger partial charge < -0.3 is 10.0 Å². The Balaban J connectivity index is 2.14. The number of hydrogen-bond acceptors (Lipinski definition) is 3. The van der Waals surface area contributed by atoms with Crippen molar-refractivity contribution in [1.29, 1.82) is 0 Å². The van der Waals surface area contributed by atoms with Gasteiger partial charge in [-0.05, 0) is 38.9 Å². The maximum Gasteiger partial charge on any atom is 0.0779 e. The molecule has 4 heteroatoms. The van der Waals surface area contributed by atoms with Crippen molar-refractivity contribution < 1.29 is 5.11 Å². The van der Waals surface area contributed by atoms with Crippen molar-refractivity contribution in [2.45, 2.75) is 50.7 Å². The molecule has 19 heavy (non-hydrogen) atoms. The van der Waals surface area contributed by atoms with Crippen LogP contribution in [-0.2, 0) is 13.5 Å². The van der Waals surface area contributed by atoms with E-state index in [0.717, 1.165) is 18.5 Å². The lowest BCUT2D eigenvalue weighted by Gasteiger charge is -2.48. The highest BCUT2D eigenvalue weighted by Gasteiger charge is 2.43. The monoisotopic (exact) mass is 265 g/mol. The van der Waals surface area contributed by atoms with Crippen LogP contribution in [-0.4, -0.2) is 45.5 Å². The van der Waals surface area contributed by atoms with Crippen LogP contribution in [0.25, 0.3) is 0 Å². The first-order valence-corrected chi connectivity index (χ1v) is 7.28. The van der Waals surface area contributed by atoms with Crippen LogP contribution in [0.2, 0.25) is 0 Å². The van der Waals surface area contributed by atoms with Gasteiger partial charge in [0.2, 0.25) is 0 Å². The Bertz CT molecular complexity index is 415. The molecule has 2 rings (SSSR count). The van der Waals surface area contributed by atoms with E-state index in [4.69, 9.17) is 0 Å². The van der Waals surface area contributed by atoms with Gasteiger partial charge in [0, 0.05) is 25.2 Å². The number of aliphatic hydroxyl groups excluding tert-OH is 1. The van der Waals surface area contributed by atoms with Crippen molar-refractivity contribution in [3.63, 3.8) is 0 Å². The molecule has 0 saturated heterocycles. The van der Waals surface area contributed by atoms with Crippen LogP contribution >= 0.6 is 0 Å². The fourth-order valence-electron chi connectivity index (χ4n) is 3.53. The lowest BCUT2D eigenvalue weighted by Crippen LogP contribution is -2.56. The molecule has 4 nitrogen and oxygen atoms in total. The number of rotatable bonds is 4. The van der Waals surface area contributed by atoms with Crippen molar-refractivity contribution in [2.24, 2.45) is 13.0 Å². The summed E-state index contributed by atoms with van der Waals surface area (Å²) in [5.41, 5.74) is 0.893. The summed E-state index contributed by atoms with van der Waals surface area (Å²) >= 11 is 0. The number of aryl methyl sites for hydroxylation is 1. The largest absolute Gasteiger partial charge is 0.391 e. The Morgan fingerprint density at radius 1 is 1.58 bits per heavy atom. The smallest absolute Gasteiger partial charge is 0.0779 e. The lowest BCUT2D eigenvalue weighted by atomic mass is 9.71. The molecule has 1 fully saturated rings. The molecule has 3 atom stereocenters. The van der Waals surface area contributed by atoms with Gasteiger partial charge in [-0.3, -0.25) is 4.68 Å². The summed E-state index contributed by atoms with van der Waals surface area (Å²) in [5.74, 6) is 0.689. The molecule has 0 aromatic carbocycles. The molecule has 3 unspecified atom stereocenters. The van der Waals surface area contributed by atoms with Gasteiger partial charge in [0.05, 0.1) is 11.8 Å². The zero-order valence-corrected chi connectivity index (χ0v) is 12.6. The fourth-order valence-corrected chi connectivity index (χ4v) is 3.53. The summed E-state index contributed by atoms with van der Waals surface area (Å²) in [6.07, 6.45) is 6.89. The summed E-state index contributed by atoms with van der Waals surface area (Å²) in [6.45, 7) is 2.30. The zero-order chi connectivity index (χ0) is 14.0. The van der Waals surface area contributed by atoms with E-state index in [9.17, 15) is 5.11 Å². The third kappa shape index (κ3) is 3.00. The number of hydrogen-bond donors (Lipinski definition) is 1. The molecule has 1 heterocycles. The van der Waals surface area contributed by atoms with Crippen LogP contribution < -0.4 is 0 Å². The Kier molecular flexibility index (Phi) is 4.31. The fraction of sp³-hybridized carbons (Fsp3) is 0.800. The Hall–Kier alpha value is -0.870. The predicted octanol–water partition coefficient (Wildman–Crippen LogP) is 1.83. The highest BCUT2D eigenvalue weighted by molar-refractivity contribution is 5.07. The SMILES string of the molecule is CC1CCCC(C(O)Cc2ccn(C)n2)(N(C)C)C1. The number of likely N-dealkylation sites (N-methyl/N-ethyl adjacent to an activating group) is 1. The van der Waals surface area contributed by atoms with E-state index in [0.29, 0.717) is 12.3 Å². The number of nitrogens with zero attached hydrogens (tertiary/aromatic N) is 3. The van der Waals surface area contributed by atoms with Gasteiger partial charge in [-0.15, -0.1) is 0 Å². The second-order valence-corrected chi connectivity index (χ2v) is 6.40. The van der Waals surface area contributed by atoms with Crippen molar-refractivity contribution in [3.8, 4) is 0 Å². The molecule has 1 aromatic heterocycles. The van der Waals surface area contributed by atoms with Gasteiger partial charge in [0.25, 0.3) is 0 Å². The molecule has 1 aromatic rings. The molecule has 0 amide bonds. The maximum absolute atomic E-state index is 10.8. The summed E-state index contributed by atoms with van der Waals surface area (Å²) in [6, 6.07) is 2.00. The van der Waals surface area contributed by atoms with E-state index in [-0.39, 0.29) is 11.6 Å². The minimum atomic E-state index is -0.347. The second-order valence-electron chi connectivity index (χ2n) is 6.40. The van der Waals surface area contributed by atoms with Crippen LogP contribution in [0.5, 0.6) is 0 Å². The van der Waals surface area contributed by atoms with Gasteiger partial charge in [0.1, 0.15) is 0 Å². The van der Waals surface area contributed by atoms with Gasteiger partial charge in [-0.25, -0.2) is 0 Å². The van der Waals surface area contributed by atoms with Gasteiger partial charge in [0.15, 0.2) is 0 Å². The molecular weight excluding hydrogens is 238 g/mol. The Morgan fingerprint density at radius 2 is 2.32 bits per heavy atom. The van der Waals surface area contributed by atoms with E-state index < -0.39 is 0 Å². The van der Waals surface area contributed by atoms with Crippen LogP contribution in [0.4, 0.5) is 0 Å². The number of aromatic nitrogens is 2. The van der Waals surface area contributed by atoms with E-state index in [1.165, 1.54) is 12.8 Å². The molecule has 0 aliphatic heterocycles. The molecular formula is C15H27N3O. The summed E-state index contributed by atoms with van der Waals surface area (Å²) in [5, 5.41) is 15.2. The molecule has 1 aliphatic carbocycles. The van der Waals surface area contributed by atoms with Crippen LogP contribution in [0.3, 0.4) is 0 Å². The Labute approximate surface area is 116 Å². The predicted molar refractivity (Wildman–Crippen MR) is 77.0 cm³/mol. The third-order valence-electron chi connectivity index (χ3n) is 4.69.